The number of hydroxylamine groups is 1. The molecular formula is C8H15NO6. The molecule has 7 nitrogen and oxygen atoms in total. The number of aliphatic hydroxyl groups excluding tert-OH is 1. The van der Waals surface area contributed by atoms with Crippen molar-refractivity contribution in [1.29, 1.82) is 0 Å². The van der Waals surface area contributed by atoms with Gasteiger partial charge in [-0.1, -0.05) is 6.92 Å². The van der Waals surface area contributed by atoms with Gasteiger partial charge in [-0.2, -0.15) is 5.48 Å². The second kappa shape index (κ2) is 7.02. The SMILES string of the molecule is CC[C@H](C)OC(=O)NO[C@H](CO)C(=O)O. The second-order valence-corrected chi connectivity index (χ2v) is 2.85. The number of nitrogens with one attached hydrogen (secondary N) is 1. The zero-order valence-corrected chi connectivity index (χ0v) is 8.60. The fourth-order valence-electron chi connectivity index (χ4n) is 0.575. The first kappa shape index (κ1) is 13.7. The molecule has 2 atom stereocenters. The molecule has 88 valence electrons. The van der Waals surface area contributed by atoms with Crippen LogP contribution in [0.2, 0.25) is 0 Å². The molecule has 0 aromatic carbocycles. The minimum atomic E-state index is -1.49. The van der Waals surface area contributed by atoms with Gasteiger partial charge in [-0.15, -0.1) is 0 Å². The lowest BCUT2D eigenvalue weighted by Crippen LogP contribution is -2.37. The molecule has 15 heavy (non-hydrogen) atoms. The summed E-state index contributed by atoms with van der Waals surface area (Å²) in [6.07, 6.45) is -2.03. The highest BCUT2D eigenvalue weighted by atomic mass is 16.7. The molecule has 0 spiro atoms. The number of ether oxygens (including phenoxy) is 1. The molecule has 0 unspecified atom stereocenters. The van der Waals surface area contributed by atoms with E-state index >= 15 is 0 Å². The molecule has 0 aromatic rings. The maximum Gasteiger partial charge on any atom is 0.431 e. The first-order valence-corrected chi connectivity index (χ1v) is 4.47. The highest BCUT2D eigenvalue weighted by Gasteiger charge is 2.19. The smallest absolute Gasteiger partial charge is 0.431 e. The van der Waals surface area contributed by atoms with Crippen LogP contribution in [0.15, 0.2) is 0 Å². The third kappa shape index (κ3) is 5.87. The van der Waals surface area contributed by atoms with Gasteiger partial charge in [-0.3, -0.25) is 4.84 Å². The molecule has 3 N–H and O–H groups in total. The van der Waals surface area contributed by atoms with Gasteiger partial charge in [0, 0.05) is 0 Å². The van der Waals surface area contributed by atoms with Crippen molar-refractivity contribution in [3.05, 3.63) is 0 Å². The average molecular weight is 221 g/mol. The Hall–Kier alpha value is -1.34. The third-order valence-electron chi connectivity index (χ3n) is 1.61. The Morgan fingerprint density at radius 1 is 1.47 bits per heavy atom. The van der Waals surface area contributed by atoms with E-state index in [1.807, 2.05) is 6.92 Å². The number of carboxylic acids is 1. The lowest BCUT2D eigenvalue weighted by Gasteiger charge is -2.13. The molecule has 0 aromatic heterocycles. The van der Waals surface area contributed by atoms with E-state index < -0.39 is 24.8 Å². The Balaban J connectivity index is 3.83. The van der Waals surface area contributed by atoms with Crippen molar-refractivity contribution in [3.8, 4) is 0 Å². The first-order valence-electron chi connectivity index (χ1n) is 4.47. The highest BCUT2D eigenvalue weighted by Crippen LogP contribution is 1.96. The van der Waals surface area contributed by atoms with Crippen molar-refractivity contribution >= 4 is 12.1 Å². The molecule has 1 amide bonds. The third-order valence-corrected chi connectivity index (χ3v) is 1.61. The monoisotopic (exact) mass is 221 g/mol. The average Bonchev–Trinajstić information content (AvgIpc) is 2.17. The lowest BCUT2D eigenvalue weighted by atomic mass is 10.3. The molecule has 0 saturated heterocycles. The summed E-state index contributed by atoms with van der Waals surface area (Å²) in [4.78, 5) is 25.7. The van der Waals surface area contributed by atoms with Gasteiger partial charge >= 0.3 is 12.1 Å². The van der Waals surface area contributed by atoms with Crippen LogP contribution in [-0.4, -0.2) is 41.1 Å². The second-order valence-electron chi connectivity index (χ2n) is 2.85. The highest BCUT2D eigenvalue weighted by molar-refractivity contribution is 5.73. The van der Waals surface area contributed by atoms with Gasteiger partial charge in [0.25, 0.3) is 0 Å². The van der Waals surface area contributed by atoms with Crippen molar-refractivity contribution in [2.24, 2.45) is 0 Å². The Kier molecular flexibility index (Phi) is 6.39. The maximum atomic E-state index is 10.9. The van der Waals surface area contributed by atoms with Crippen LogP contribution in [0.1, 0.15) is 20.3 Å². The molecule has 0 bridgehead atoms. The van der Waals surface area contributed by atoms with Gasteiger partial charge in [-0.05, 0) is 13.3 Å². The van der Waals surface area contributed by atoms with Crippen molar-refractivity contribution in [2.45, 2.75) is 32.5 Å². The molecule has 7 heteroatoms. The topological polar surface area (TPSA) is 105 Å². The van der Waals surface area contributed by atoms with Gasteiger partial charge in [0.1, 0.15) is 6.10 Å². The van der Waals surface area contributed by atoms with Crippen molar-refractivity contribution in [2.75, 3.05) is 6.61 Å². The summed E-state index contributed by atoms with van der Waals surface area (Å²) in [5, 5.41) is 17.0. The van der Waals surface area contributed by atoms with Crippen LogP contribution in [0, 0.1) is 0 Å². The fourth-order valence-corrected chi connectivity index (χ4v) is 0.575. The summed E-state index contributed by atoms with van der Waals surface area (Å²) in [5.41, 5.74) is 1.78. The van der Waals surface area contributed by atoms with E-state index in [-0.39, 0.29) is 6.10 Å². The van der Waals surface area contributed by atoms with Gasteiger partial charge in [-0.25, -0.2) is 9.59 Å². The zero-order chi connectivity index (χ0) is 11.8. The van der Waals surface area contributed by atoms with E-state index in [4.69, 9.17) is 14.9 Å². The molecule has 0 radical (unpaired) electrons. The molecular weight excluding hydrogens is 206 g/mol. The minimum absolute atomic E-state index is 0.286. The molecule has 0 heterocycles. The number of aliphatic hydroxyl groups is 1. The fraction of sp³-hybridized carbons (Fsp3) is 0.750. The summed E-state index contributed by atoms with van der Waals surface area (Å²) >= 11 is 0. The number of hydrogen-bond acceptors (Lipinski definition) is 5. The van der Waals surface area contributed by atoms with E-state index in [0.29, 0.717) is 6.42 Å². The van der Waals surface area contributed by atoms with Crippen molar-refractivity contribution in [1.82, 2.24) is 5.48 Å². The lowest BCUT2D eigenvalue weighted by molar-refractivity contribution is -0.158. The van der Waals surface area contributed by atoms with E-state index in [0.717, 1.165) is 0 Å². The normalized spacial score (nSPS) is 14.1. The first-order chi connectivity index (χ1) is 7.01. The molecule has 0 aliphatic carbocycles. The summed E-state index contributed by atoms with van der Waals surface area (Å²) in [7, 11) is 0. The van der Waals surface area contributed by atoms with Crippen molar-refractivity contribution in [3.63, 3.8) is 0 Å². The number of hydrogen-bond donors (Lipinski definition) is 3. The van der Waals surface area contributed by atoms with E-state index in [1.54, 1.807) is 12.4 Å². The number of carboxylic acid groups (broad SMARTS) is 1. The Morgan fingerprint density at radius 2 is 2.07 bits per heavy atom. The number of aliphatic carboxylic acids is 1. The predicted octanol–water partition coefficient (Wildman–Crippen LogP) is -0.112. The standard InChI is InChI=1S/C8H15NO6/c1-3-5(2)14-8(13)9-15-6(4-10)7(11)12/h5-6,10H,3-4H2,1-2H3,(H,9,13)(H,11,12)/t5-,6+/m0/s1. The Morgan fingerprint density at radius 3 is 2.47 bits per heavy atom. The van der Waals surface area contributed by atoms with E-state index in [9.17, 15) is 9.59 Å². The molecule has 0 aliphatic heterocycles. The van der Waals surface area contributed by atoms with Crippen LogP contribution in [0.3, 0.4) is 0 Å². The molecule has 0 fully saturated rings. The van der Waals surface area contributed by atoms with Gasteiger partial charge in [0.2, 0.25) is 6.10 Å². The van der Waals surface area contributed by atoms with Gasteiger partial charge in [0.05, 0.1) is 6.61 Å². The van der Waals surface area contributed by atoms with Crippen LogP contribution in [-0.2, 0) is 14.4 Å². The predicted molar refractivity (Wildman–Crippen MR) is 49.0 cm³/mol. The molecule has 0 rings (SSSR count). The summed E-state index contributed by atoms with van der Waals surface area (Å²) in [6.45, 7) is 2.77. The quantitative estimate of drug-likeness (QED) is 0.540. The zero-order valence-electron chi connectivity index (χ0n) is 8.60. The minimum Gasteiger partial charge on any atom is -0.479 e. The van der Waals surface area contributed by atoms with Gasteiger partial charge < -0.3 is 14.9 Å². The maximum absolute atomic E-state index is 10.9. The Bertz CT molecular complexity index is 219. The number of amides is 1. The van der Waals surface area contributed by atoms with Crippen LogP contribution in [0.25, 0.3) is 0 Å². The number of carbonyl (C=O) groups is 2. The summed E-state index contributed by atoms with van der Waals surface area (Å²) in [5.74, 6) is -1.37. The molecule has 0 aliphatic rings. The summed E-state index contributed by atoms with van der Waals surface area (Å²) in [6, 6.07) is 0. The number of carbonyl (C=O) groups excluding carboxylic acids is 1. The summed E-state index contributed by atoms with van der Waals surface area (Å²) < 4.78 is 4.72. The van der Waals surface area contributed by atoms with Crippen LogP contribution < -0.4 is 5.48 Å². The van der Waals surface area contributed by atoms with E-state index in [2.05, 4.69) is 4.84 Å². The number of rotatable bonds is 6. The van der Waals surface area contributed by atoms with Crippen LogP contribution >= 0.6 is 0 Å². The largest absolute Gasteiger partial charge is 0.479 e. The molecule has 0 saturated carbocycles. The van der Waals surface area contributed by atoms with Crippen LogP contribution in [0.5, 0.6) is 0 Å². The van der Waals surface area contributed by atoms with Crippen molar-refractivity contribution < 1.29 is 29.4 Å². The van der Waals surface area contributed by atoms with E-state index in [1.165, 1.54) is 0 Å². The van der Waals surface area contributed by atoms with Gasteiger partial charge in [0.15, 0.2) is 0 Å². The Labute approximate surface area is 86.9 Å². The van der Waals surface area contributed by atoms with Crippen LogP contribution in [0.4, 0.5) is 4.79 Å².